The quantitative estimate of drug-likeness (QED) is 0.342. The minimum Gasteiger partial charge on any atom is -0.463 e. The van der Waals surface area contributed by atoms with Crippen molar-refractivity contribution in [1.29, 1.82) is 0 Å². The molecule has 226 valence electrons. The van der Waals surface area contributed by atoms with Gasteiger partial charge >= 0.3 is 12.2 Å². The first-order valence-corrected chi connectivity index (χ1v) is 14.3. The second-order valence-electron chi connectivity index (χ2n) is 11.2. The molecule has 1 saturated carbocycles. The highest BCUT2D eigenvalue weighted by atomic mass is 35.5. The van der Waals surface area contributed by atoms with Gasteiger partial charge in [0.25, 0.3) is 6.43 Å². The maximum atomic E-state index is 14.8. The molecule has 0 spiro atoms. The van der Waals surface area contributed by atoms with Gasteiger partial charge in [0.1, 0.15) is 28.6 Å². The molecule has 2 saturated heterocycles. The number of piperazine rings is 1. The molecule has 3 aliphatic rings. The van der Waals surface area contributed by atoms with Gasteiger partial charge in [-0.15, -0.1) is 0 Å². The maximum absolute atomic E-state index is 14.8. The number of likely N-dealkylation sites (tertiary alicyclic amines) is 1. The van der Waals surface area contributed by atoms with E-state index in [0.29, 0.717) is 38.6 Å². The summed E-state index contributed by atoms with van der Waals surface area (Å²) in [5, 5.41) is 2.63. The van der Waals surface area contributed by atoms with Crippen molar-refractivity contribution in [2.45, 2.75) is 38.3 Å². The third-order valence-electron chi connectivity index (χ3n) is 8.09. The molecule has 0 unspecified atom stereocenters. The SMILES string of the molecule is Nc1cc(Cl)c(C(F)(F)F)c(-c2ncc3c(N4CCNCC4)nc(OCC4(CN5CCCC5)CC4)nc3c2C(F)F)n1. The highest BCUT2D eigenvalue weighted by Crippen LogP contribution is 2.48. The van der Waals surface area contributed by atoms with Crippen LogP contribution in [0.5, 0.6) is 6.01 Å². The molecule has 6 rings (SSSR count). The van der Waals surface area contributed by atoms with Crippen molar-refractivity contribution in [2.24, 2.45) is 5.41 Å². The first kappa shape index (κ1) is 29.0. The standard InChI is InChI=1S/C27H30ClF5N8O/c28-16-11-17(34)37-22(19(16)27(31,32)33)21-18(23(29)30)20-15(12-36-21)24(41-9-5-35-6-10-41)39-25(38-20)42-14-26(3-4-26)13-40-7-1-2-8-40/h11-12,23,35H,1-10,13-14H2,(H2,34,37). The smallest absolute Gasteiger partial charge is 0.420 e. The number of ether oxygens (including phenoxy) is 1. The second-order valence-corrected chi connectivity index (χ2v) is 11.6. The van der Waals surface area contributed by atoms with Gasteiger partial charge in [-0.1, -0.05) is 11.6 Å². The van der Waals surface area contributed by atoms with Gasteiger partial charge in [0.15, 0.2) is 0 Å². The highest BCUT2D eigenvalue weighted by molar-refractivity contribution is 6.32. The molecule has 0 aromatic carbocycles. The van der Waals surface area contributed by atoms with Crippen molar-refractivity contribution in [3.63, 3.8) is 0 Å². The van der Waals surface area contributed by atoms with Crippen LogP contribution in [0.1, 0.15) is 43.2 Å². The van der Waals surface area contributed by atoms with E-state index in [-0.39, 0.29) is 28.1 Å². The van der Waals surface area contributed by atoms with Gasteiger partial charge < -0.3 is 25.6 Å². The zero-order valence-corrected chi connectivity index (χ0v) is 23.4. The number of halogens is 6. The Hall–Kier alpha value is -3.10. The van der Waals surface area contributed by atoms with Crippen LogP contribution in [-0.4, -0.2) is 77.3 Å². The number of hydrogen-bond donors (Lipinski definition) is 2. The molecule has 15 heteroatoms. The van der Waals surface area contributed by atoms with Crippen molar-refractivity contribution in [1.82, 2.24) is 30.2 Å². The predicted molar refractivity (Wildman–Crippen MR) is 148 cm³/mol. The van der Waals surface area contributed by atoms with Crippen molar-refractivity contribution < 1.29 is 26.7 Å². The number of anilines is 2. The summed E-state index contributed by atoms with van der Waals surface area (Å²) in [4.78, 5) is 21.1. The number of alkyl halides is 5. The van der Waals surface area contributed by atoms with Gasteiger partial charge in [-0.05, 0) is 44.8 Å². The van der Waals surface area contributed by atoms with Crippen LogP contribution in [0, 0.1) is 5.41 Å². The summed E-state index contributed by atoms with van der Waals surface area (Å²) < 4.78 is 78.0. The van der Waals surface area contributed by atoms with Crippen LogP contribution in [0.3, 0.4) is 0 Å². The molecule has 1 aliphatic carbocycles. The molecule has 0 amide bonds. The van der Waals surface area contributed by atoms with Crippen LogP contribution >= 0.6 is 11.6 Å². The zero-order chi connectivity index (χ0) is 29.6. The van der Waals surface area contributed by atoms with E-state index in [1.165, 1.54) is 6.20 Å². The Bertz CT molecular complexity index is 1470. The molecule has 3 aromatic rings. The number of nitrogen functional groups attached to an aromatic ring is 1. The van der Waals surface area contributed by atoms with E-state index in [0.717, 1.165) is 51.4 Å². The predicted octanol–water partition coefficient (Wildman–Crippen LogP) is 4.94. The molecule has 3 N–H and O–H groups in total. The highest BCUT2D eigenvalue weighted by Gasteiger charge is 2.45. The number of aromatic nitrogens is 4. The fraction of sp³-hybridized carbons (Fsp3) is 0.556. The average molecular weight is 613 g/mol. The van der Waals surface area contributed by atoms with Gasteiger partial charge in [0.05, 0.1) is 28.1 Å². The minimum atomic E-state index is -5.01. The molecule has 9 nitrogen and oxygen atoms in total. The summed E-state index contributed by atoms with van der Waals surface area (Å²) in [5.74, 6) is -0.0393. The van der Waals surface area contributed by atoms with Crippen LogP contribution in [0.25, 0.3) is 22.3 Å². The average Bonchev–Trinajstić information content (AvgIpc) is 3.51. The first-order chi connectivity index (χ1) is 20.0. The van der Waals surface area contributed by atoms with Gasteiger partial charge in [0, 0.05) is 44.3 Å². The Morgan fingerprint density at radius 2 is 1.76 bits per heavy atom. The Morgan fingerprint density at radius 3 is 2.40 bits per heavy atom. The van der Waals surface area contributed by atoms with E-state index in [1.807, 2.05) is 4.90 Å². The molecule has 5 heterocycles. The second kappa shape index (κ2) is 11.2. The minimum absolute atomic E-state index is 0.0589. The third kappa shape index (κ3) is 5.76. The molecule has 0 radical (unpaired) electrons. The Labute approximate surface area is 243 Å². The van der Waals surface area contributed by atoms with Crippen molar-refractivity contribution in [2.75, 3.05) is 63.1 Å². The fourth-order valence-corrected chi connectivity index (χ4v) is 6.09. The summed E-state index contributed by atoms with van der Waals surface area (Å²) in [6, 6.07) is 0.709. The van der Waals surface area contributed by atoms with Crippen LogP contribution in [0.15, 0.2) is 12.3 Å². The molecule has 3 aromatic heterocycles. The van der Waals surface area contributed by atoms with Gasteiger partial charge in [0.2, 0.25) is 0 Å². The van der Waals surface area contributed by atoms with Gasteiger partial charge in [-0.3, -0.25) is 4.98 Å². The van der Waals surface area contributed by atoms with Crippen molar-refractivity contribution in [3.05, 3.63) is 28.4 Å². The number of nitrogens with zero attached hydrogens (tertiary/aromatic N) is 6. The first-order valence-electron chi connectivity index (χ1n) is 13.9. The van der Waals surface area contributed by atoms with Crippen molar-refractivity contribution in [3.8, 4) is 17.4 Å². The Balaban J connectivity index is 1.48. The van der Waals surface area contributed by atoms with E-state index in [2.05, 4.69) is 30.2 Å². The Kier molecular flexibility index (Phi) is 7.73. The zero-order valence-electron chi connectivity index (χ0n) is 22.7. The summed E-state index contributed by atoms with van der Waals surface area (Å²) in [5.41, 5.74) is 1.55. The summed E-state index contributed by atoms with van der Waals surface area (Å²) in [6.45, 7) is 5.59. The number of rotatable bonds is 8. The molecule has 3 fully saturated rings. The van der Waals surface area contributed by atoms with Gasteiger partial charge in [-0.25, -0.2) is 13.8 Å². The molecule has 0 bridgehead atoms. The van der Waals surface area contributed by atoms with Crippen molar-refractivity contribution >= 4 is 34.1 Å². The fourth-order valence-electron chi connectivity index (χ4n) is 5.78. The Morgan fingerprint density at radius 1 is 1.05 bits per heavy atom. The topological polar surface area (TPSA) is 105 Å². The molecule has 2 aliphatic heterocycles. The van der Waals surface area contributed by atoms with E-state index in [9.17, 15) is 22.0 Å². The molecule has 0 atom stereocenters. The number of nitrogens with two attached hydrogens (primary N) is 1. The lowest BCUT2D eigenvalue weighted by molar-refractivity contribution is -0.137. The molecule has 42 heavy (non-hydrogen) atoms. The monoisotopic (exact) mass is 612 g/mol. The maximum Gasteiger partial charge on any atom is 0.420 e. The van der Waals surface area contributed by atoms with E-state index < -0.39 is 40.1 Å². The van der Waals surface area contributed by atoms with Crippen LogP contribution in [-0.2, 0) is 6.18 Å². The number of pyridine rings is 2. The van der Waals surface area contributed by atoms with Crippen LogP contribution < -0.4 is 20.7 Å². The number of hydrogen-bond acceptors (Lipinski definition) is 9. The van der Waals surface area contributed by atoms with Crippen LogP contribution in [0.4, 0.5) is 33.6 Å². The summed E-state index contributed by atoms with van der Waals surface area (Å²) in [7, 11) is 0. The van der Waals surface area contributed by atoms with E-state index in [1.54, 1.807) is 0 Å². The summed E-state index contributed by atoms with van der Waals surface area (Å²) >= 11 is 5.91. The lowest BCUT2D eigenvalue weighted by Crippen LogP contribution is -2.44. The van der Waals surface area contributed by atoms with Gasteiger partial charge in [-0.2, -0.15) is 23.1 Å². The molecular formula is C27H30ClF5N8O. The van der Waals surface area contributed by atoms with E-state index >= 15 is 0 Å². The summed E-state index contributed by atoms with van der Waals surface area (Å²) in [6.07, 6.45) is -2.80. The largest absolute Gasteiger partial charge is 0.463 e. The number of fused-ring (bicyclic) bond motifs is 1. The lowest BCUT2D eigenvalue weighted by Gasteiger charge is -2.30. The van der Waals surface area contributed by atoms with Crippen LogP contribution in [0.2, 0.25) is 5.02 Å². The van der Waals surface area contributed by atoms with E-state index in [4.69, 9.17) is 22.1 Å². The number of nitrogens with one attached hydrogen (secondary N) is 1. The normalized spacial score (nSPS) is 19.2. The third-order valence-corrected chi connectivity index (χ3v) is 8.39. The lowest BCUT2D eigenvalue weighted by atomic mass is 10.0. The molecular weight excluding hydrogens is 583 g/mol.